The molecule has 0 saturated heterocycles. The first kappa shape index (κ1) is 14.6. The van der Waals surface area contributed by atoms with E-state index in [2.05, 4.69) is 5.32 Å². The van der Waals surface area contributed by atoms with Crippen molar-refractivity contribution in [1.29, 1.82) is 0 Å². The zero-order chi connectivity index (χ0) is 15.6. The molecule has 0 radical (unpaired) electrons. The highest BCUT2D eigenvalue weighted by Gasteiger charge is 2.13. The monoisotopic (exact) mass is 284 g/mol. The van der Waals surface area contributed by atoms with E-state index in [1.54, 1.807) is 44.2 Å². The number of hydrogen-bond donors (Lipinski definition) is 3. The summed E-state index contributed by atoms with van der Waals surface area (Å²) in [6, 6.07) is 9.78. The molecule has 4 N–H and O–H groups in total. The summed E-state index contributed by atoms with van der Waals surface area (Å²) in [5.74, 6) is -1.35. The van der Waals surface area contributed by atoms with Crippen LogP contribution in [0.25, 0.3) is 0 Å². The molecule has 2 aromatic carbocycles. The first-order valence-corrected chi connectivity index (χ1v) is 6.40. The Morgan fingerprint density at radius 3 is 2.48 bits per heavy atom. The van der Waals surface area contributed by atoms with Crippen molar-refractivity contribution in [1.82, 2.24) is 0 Å². The lowest BCUT2D eigenvalue weighted by Gasteiger charge is -2.11. The van der Waals surface area contributed by atoms with E-state index in [-0.39, 0.29) is 11.5 Å². The van der Waals surface area contributed by atoms with Crippen LogP contribution >= 0.6 is 0 Å². The van der Waals surface area contributed by atoms with Crippen LogP contribution in [0.3, 0.4) is 0 Å². The number of nitrogens with two attached hydrogens (primary N) is 1. The first-order valence-electron chi connectivity index (χ1n) is 6.40. The molecule has 0 aliphatic rings. The lowest BCUT2D eigenvalue weighted by Crippen LogP contribution is -2.13. The van der Waals surface area contributed by atoms with Gasteiger partial charge in [0, 0.05) is 16.9 Å². The number of aryl methyl sites for hydroxylation is 1. The van der Waals surface area contributed by atoms with Gasteiger partial charge in [-0.3, -0.25) is 4.79 Å². The maximum Gasteiger partial charge on any atom is 0.336 e. The lowest BCUT2D eigenvalue weighted by molar-refractivity contribution is 0.0695. The molecule has 0 unspecified atom stereocenters. The fourth-order valence-corrected chi connectivity index (χ4v) is 2.04. The minimum absolute atomic E-state index is 0.179. The van der Waals surface area contributed by atoms with Gasteiger partial charge in [-0.05, 0) is 55.3 Å². The Hall–Kier alpha value is -2.82. The fraction of sp³-hybridized carbons (Fsp3) is 0.125. The fourth-order valence-electron chi connectivity index (χ4n) is 2.04. The van der Waals surface area contributed by atoms with Crippen LogP contribution in [0.5, 0.6) is 0 Å². The van der Waals surface area contributed by atoms with Crippen LogP contribution in [-0.2, 0) is 0 Å². The van der Waals surface area contributed by atoms with Crippen LogP contribution in [-0.4, -0.2) is 17.0 Å². The van der Waals surface area contributed by atoms with Gasteiger partial charge >= 0.3 is 5.97 Å². The molecule has 0 saturated carbocycles. The molecule has 0 heterocycles. The largest absolute Gasteiger partial charge is 0.478 e. The Kier molecular flexibility index (Phi) is 3.93. The molecule has 0 aromatic heterocycles. The molecular weight excluding hydrogens is 268 g/mol. The summed E-state index contributed by atoms with van der Waals surface area (Å²) in [5.41, 5.74) is 8.67. The number of carbonyl (C=O) groups is 2. The van der Waals surface area contributed by atoms with Gasteiger partial charge in [0.05, 0.1) is 5.56 Å². The molecule has 0 fully saturated rings. The summed E-state index contributed by atoms with van der Waals surface area (Å²) >= 11 is 0. The minimum atomic E-state index is -1.02. The van der Waals surface area contributed by atoms with Gasteiger partial charge < -0.3 is 16.2 Å². The van der Waals surface area contributed by atoms with Gasteiger partial charge in [0.2, 0.25) is 0 Å². The zero-order valence-electron chi connectivity index (χ0n) is 11.8. The molecule has 0 aliphatic heterocycles. The lowest BCUT2D eigenvalue weighted by atomic mass is 10.0. The molecule has 21 heavy (non-hydrogen) atoms. The number of benzene rings is 2. The van der Waals surface area contributed by atoms with Crippen molar-refractivity contribution < 1.29 is 14.7 Å². The summed E-state index contributed by atoms with van der Waals surface area (Å²) in [6.07, 6.45) is 0. The van der Waals surface area contributed by atoms with Gasteiger partial charge in [0.1, 0.15) is 0 Å². The van der Waals surface area contributed by atoms with Crippen molar-refractivity contribution >= 4 is 23.3 Å². The van der Waals surface area contributed by atoms with E-state index in [9.17, 15) is 14.7 Å². The Bertz CT molecular complexity index is 723. The van der Waals surface area contributed by atoms with E-state index in [1.165, 1.54) is 6.07 Å². The maximum absolute atomic E-state index is 12.1. The average molecular weight is 284 g/mol. The van der Waals surface area contributed by atoms with Gasteiger partial charge in [-0.15, -0.1) is 0 Å². The van der Waals surface area contributed by atoms with Crippen molar-refractivity contribution in [2.24, 2.45) is 0 Å². The predicted octanol–water partition coefficient (Wildman–Crippen LogP) is 2.84. The Morgan fingerprint density at radius 2 is 1.86 bits per heavy atom. The van der Waals surface area contributed by atoms with Crippen molar-refractivity contribution in [3.05, 3.63) is 58.7 Å². The topological polar surface area (TPSA) is 92.4 Å². The summed E-state index contributed by atoms with van der Waals surface area (Å²) < 4.78 is 0. The molecule has 2 aromatic rings. The highest BCUT2D eigenvalue weighted by molar-refractivity contribution is 6.05. The predicted molar refractivity (Wildman–Crippen MR) is 81.7 cm³/mol. The van der Waals surface area contributed by atoms with E-state index in [0.29, 0.717) is 22.5 Å². The second kappa shape index (κ2) is 5.66. The van der Waals surface area contributed by atoms with Gasteiger partial charge in [0.25, 0.3) is 5.91 Å². The normalized spacial score (nSPS) is 10.2. The average Bonchev–Trinajstić information content (AvgIpc) is 2.42. The van der Waals surface area contributed by atoms with Crippen LogP contribution in [0.2, 0.25) is 0 Å². The Balaban J connectivity index is 2.32. The smallest absolute Gasteiger partial charge is 0.336 e. The van der Waals surface area contributed by atoms with Crippen LogP contribution in [0, 0.1) is 13.8 Å². The Labute approximate surface area is 122 Å². The second-order valence-corrected chi connectivity index (χ2v) is 4.85. The van der Waals surface area contributed by atoms with Gasteiger partial charge in [-0.1, -0.05) is 6.07 Å². The van der Waals surface area contributed by atoms with E-state index >= 15 is 0 Å². The maximum atomic E-state index is 12.1. The number of carboxylic acid groups (broad SMARTS) is 1. The molecule has 0 aliphatic carbocycles. The number of amides is 1. The molecule has 0 bridgehead atoms. The highest BCUT2D eigenvalue weighted by Crippen LogP contribution is 2.21. The van der Waals surface area contributed by atoms with Crippen LogP contribution in [0.15, 0.2) is 36.4 Å². The number of nitrogens with one attached hydrogen (secondary N) is 1. The molecule has 2 rings (SSSR count). The first-order chi connectivity index (χ1) is 9.88. The molecule has 1 amide bonds. The third-order valence-corrected chi connectivity index (χ3v) is 3.30. The van der Waals surface area contributed by atoms with Gasteiger partial charge in [0.15, 0.2) is 0 Å². The second-order valence-electron chi connectivity index (χ2n) is 4.85. The Morgan fingerprint density at radius 1 is 1.14 bits per heavy atom. The molecule has 108 valence electrons. The standard InChI is InChI=1S/C16H16N2O3/c1-9-6-13(8-14(10(9)2)16(20)21)18-15(19)11-4-3-5-12(17)7-11/h3-8H,17H2,1-2H3,(H,18,19)(H,20,21). The summed E-state index contributed by atoms with van der Waals surface area (Å²) in [6.45, 7) is 3.54. The van der Waals surface area contributed by atoms with Gasteiger partial charge in [-0.2, -0.15) is 0 Å². The van der Waals surface area contributed by atoms with E-state index in [4.69, 9.17) is 5.73 Å². The van der Waals surface area contributed by atoms with E-state index in [1.807, 2.05) is 0 Å². The van der Waals surface area contributed by atoms with Crippen LogP contribution in [0.1, 0.15) is 31.8 Å². The van der Waals surface area contributed by atoms with Crippen molar-refractivity contribution in [2.75, 3.05) is 11.1 Å². The van der Waals surface area contributed by atoms with E-state index < -0.39 is 5.97 Å². The number of aromatic carboxylic acids is 1. The van der Waals surface area contributed by atoms with Crippen molar-refractivity contribution in [2.45, 2.75) is 13.8 Å². The highest BCUT2D eigenvalue weighted by atomic mass is 16.4. The minimum Gasteiger partial charge on any atom is -0.478 e. The third-order valence-electron chi connectivity index (χ3n) is 3.30. The van der Waals surface area contributed by atoms with E-state index in [0.717, 1.165) is 5.56 Å². The number of anilines is 2. The number of carbonyl (C=O) groups excluding carboxylic acids is 1. The zero-order valence-corrected chi connectivity index (χ0v) is 11.8. The molecule has 0 spiro atoms. The number of nitrogen functional groups attached to an aromatic ring is 1. The van der Waals surface area contributed by atoms with Crippen molar-refractivity contribution in [3.63, 3.8) is 0 Å². The molecule has 5 nitrogen and oxygen atoms in total. The SMILES string of the molecule is Cc1cc(NC(=O)c2cccc(N)c2)cc(C(=O)O)c1C. The number of hydrogen-bond acceptors (Lipinski definition) is 3. The number of carboxylic acids is 1. The van der Waals surface area contributed by atoms with Crippen molar-refractivity contribution in [3.8, 4) is 0 Å². The quantitative estimate of drug-likeness (QED) is 0.756. The molecule has 0 atom stereocenters. The summed E-state index contributed by atoms with van der Waals surface area (Å²) in [7, 11) is 0. The molecular formula is C16H16N2O3. The van der Waals surface area contributed by atoms with Crippen LogP contribution in [0.4, 0.5) is 11.4 Å². The third kappa shape index (κ3) is 3.20. The molecule has 5 heteroatoms. The summed E-state index contributed by atoms with van der Waals surface area (Å²) in [5, 5.41) is 11.9. The van der Waals surface area contributed by atoms with Gasteiger partial charge in [-0.25, -0.2) is 4.79 Å². The van der Waals surface area contributed by atoms with Crippen LogP contribution < -0.4 is 11.1 Å². The summed E-state index contributed by atoms with van der Waals surface area (Å²) in [4.78, 5) is 23.3. The number of rotatable bonds is 3.